The van der Waals surface area contributed by atoms with Gasteiger partial charge in [0.05, 0.1) is 51.2 Å². The Kier molecular flexibility index (Phi) is 8.82. The van der Waals surface area contributed by atoms with Crippen LogP contribution in [0.1, 0.15) is 91.6 Å². The molecule has 7 aromatic rings. The highest BCUT2D eigenvalue weighted by atomic mass is 19.4. The summed E-state index contributed by atoms with van der Waals surface area (Å²) in [4.78, 5) is 3.90. The second kappa shape index (κ2) is 13.8. The van der Waals surface area contributed by atoms with E-state index in [1.807, 2.05) is 71.9 Å². The fourth-order valence-electron chi connectivity index (χ4n) is 10.8. The van der Waals surface area contributed by atoms with E-state index in [0.717, 1.165) is 4.90 Å². The van der Waals surface area contributed by atoms with Crippen molar-refractivity contribution in [3.05, 3.63) is 196 Å². The van der Waals surface area contributed by atoms with Gasteiger partial charge in [-0.1, -0.05) is 151 Å². The summed E-state index contributed by atoms with van der Waals surface area (Å²) < 4.78 is 103. The monoisotopic (exact) mass is 860 g/mol. The van der Waals surface area contributed by atoms with Crippen molar-refractivity contribution in [1.29, 1.82) is 5.26 Å². The molecule has 0 saturated carbocycles. The van der Waals surface area contributed by atoms with Crippen LogP contribution < -0.4 is 14.7 Å². The van der Waals surface area contributed by atoms with E-state index in [2.05, 4.69) is 0 Å². The minimum atomic E-state index is -5.47. The van der Waals surface area contributed by atoms with E-state index in [0.29, 0.717) is 56.1 Å². The summed E-state index contributed by atoms with van der Waals surface area (Å²) in [5, 5.41) is 11.7. The summed E-state index contributed by atoms with van der Waals surface area (Å²) >= 11 is 0. The average Bonchev–Trinajstić information content (AvgIpc) is 3.26. The molecule has 0 saturated heterocycles. The van der Waals surface area contributed by atoms with Crippen molar-refractivity contribution in [3.63, 3.8) is 0 Å². The number of nitriles is 1. The maximum atomic E-state index is 17.1. The molecular weight excluding hydrogens is 819 g/mol. The van der Waals surface area contributed by atoms with Gasteiger partial charge in [0.2, 0.25) is 0 Å². The van der Waals surface area contributed by atoms with Crippen LogP contribution in [0.5, 0.6) is 0 Å². The predicted octanol–water partition coefficient (Wildman–Crippen LogP) is 15.9. The minimum Gasteiger partial charge on any atom is -0.308 e. The lowest BCUT2D eigenvalue weighted by molar-refractivity contribution is -0.141. The SMILES string of the molecule is CC1(C)c2ccccc2N(c2c(C#N)c(N3c4ccccc4C(C)(C)c4ccccc43)c(C(F)(F)F)c(N3c4ccccc4C(C)(C)c4ccccc43)c2C(F)(F)F)c2ccccc21. The van der Waals surface area contributed by atoms with Crippen molar-refractivity contribution in [2.75, 3.05) is 14.7 Å². The predicted molar refractivity (Wildman–Crippen MR) is 242 cm³/mol. The molecule has 3 aliphatic heterocycles. The smallest absolute Gasteiger partial charge is 0.308 e. The quantitative estimate of drug-likeness (QED) is 0.166. The van der Waals surface area contributed by atoms with Crippen LogP contribution in [-0.2, 0) is 28.6 Å². The van der Waals surface area contributed by atoms with Crippen molar-refractivity contribution < 1.29 is 26.3 Å². The Morgan fingerprint density at radius 1 is 0.359 bits per heavy atom. The first kappa shape index (κ1) is 41.0. The number of para-hydroxylation sites is 6. The molecule has 0 bridgehead atoms. The van der Waals surface area contributed by atoms with Crippen LogP contribution in [0.2, 0.25) is 0 Å². The first-order chi connectivity index (χ1) is 30.3. The first-order valence-electron chi connectivity index (χ1n) is 21.1. The zero-order valence-electron chi connectivity index (χ0n) is 35.9. The summed E-state index contributed by atoms with van der Waals surface area (Å²) in [7, 11) is 0. The van der Waals surface area contributed by atoms with Crippen LogP contribution in [0, 0.1) is 11.3 Å². The van der Waals surface area contributed by atoms with Crippen molar-refractivity contribution in [2.24, 2.45) is 0 Å². The van der Waals surface area contributed by atoms with Gasteiger partial charge in [0, 0.05) is 16.2 Å². The Morgan fingerprint density at radius 2 is 0.562 bits per heavy atom. The lowest BCUT2D eigenvalue weighted by atomic mass is 9.72. The highest BCUT2D eigenvalue weighted by Gasteiger charge is 2.54. The number of hydrogen-bond acceptors (Lipinski definition) is 4. The largest absolute Gasteiger partial charge is 0.420 e. The molecule has 7 aromatic carbocycles. The topological polar surface area (TPSA) is 33.5 Å². The number of fused-ring (bicyclic) bond motifs is 6. The van der Waals surface area contributed by atoms with Gasteiger partial charge in [-0.25, -0.2) is 0 Å². The van der Waals surface area contributed by atoms with E-state index in [4.69, 9.17) is 0 Å². The summed E-state index contributed by atoms with van der Waals surface area (Å²) in [6, 6.07) is 43.3. The standard InChI is InChI=1S/C54H42F6N4/c1-50(2)33-19-7-13-25-39(33)62(40-26-14-8-20-34(40)50)47-32(31-61)48(63-41-27-15-9-21-35(41)51(3,4)36-22-10-16-28-42(36)63)46(54(58,59)60)49(45(47)53(55,56)57)64-43-29-17-11-23-37(43)52(5,6)38-24-12-18-30-44(38)64/h7-30H,1-6H3. The molecule has 0 spiro atoms. The number of rotatable bonds is 3. The van der Waals surface area contributed by atoms with Crippen LogP contribution in [0.15, 0.2) is 146 Å². The number of anilines is 9. The van der Waals surface area contributed by atoms with Gasteiger partial charge < -0.3 is 14.7 Å². The van der Waals surface area contributed by atoms with E-state index in [1.165, 1.54) is 9.80 Å². The second-order valence-electron chi connectivity index (χ2n) is 18.3. The maximum Gasteiger partial charge on any atom is 0.420 e. The highest BCUT2D eigenvalue weighted by molar-refractivity contribution is 6.03. The van der Waals surface area contributed by atoms with Gasteiger partial charge in [0.25, 0.3) is 0 Å². The zero-order chi connectivity index (χ0) is 45.3. The Bertz CT molecular complexity index is 2820. The highest BCUT2D eigenvalue weighted by Crippen LogP contribution is 2.66. The van der Waals surface area contributed by atoms with Gasteiger partial charge >= 0.3 is 12.4 Å². The molecule has 0 amide bonds. The molecule has 10 rings (SSSR count). The second-order valence-corrected chi connectivity index (χ2v) is 18.3. The Labute approximate surface area is 368 Å². The normalized spacial score (nSPS) is 16.4. The third-order valence-corrected chi connectivity index (χ3v) is 13.7. The zero-order valence-corrected chi connectivity index (χ0v) is 35.9. The van der Waals surface area contributed by atoms with Gasteiger partial charge in [-0.3, -0.25) is 0 Å². The van der Waals surface area contributed by atoms with Crippen LogP contribution in [0.3, 0.4) is 0 Å². The van der Waals surface area contributed by atoms with E-state index >= 15 is 26.3 Å². The van der Waals surface area contributed by atoms with E-state index in [-0.39, 0.29) is 11.4 Å². The van der Waals surface area contributed by atoms with E-state index < -0.39 is 62.4 Å². The van der Waals surface area contributed by atoms with Gasteiger partial charge in [-0.2, -0.15) is 31.6 Å². The van der Waals surface area contributed by atoms with E-state index in [1.54, 1.807) is 121 Å². The number of benzene rings is 7. The van der Waals surface area contributed by atoms with Crippen molar-refractivity contribution >= 4 is 51.2 Å². The molecule has 0 unspecified atom stereocenters. The molecule has 0 N–H and O–H groups in total. The number of alkyl halides is 6. The maximum absolute atomic E-state index is 17.1. The Hall–Kier alpha value is -6.99. The minimum absolute atomic E-state index is 0.157. The van der Waals surface area contributed by atoms with Crippen LogP contribution >= 0.6 is 0 Å². The average molecular weight is 861 g/mol. The molecule has 0 fully saturated rings. The molecule has 3 aliphatic rings. The Balaban J connectivity index is 1.50. The van der Waals surface area contributed by atoms with Crippen LogP contribution in [0.25, 0.3) is 0 Å². The van der Waals surface area contributed by atoms with Gasteiger partial charge in [-0.05, 0) is 69.8 Å². The van der Waals surface area contributed by atoms with Crippen molar-refractivity contribution in [3.8, 4) is 6.07 Å². The molecule has 3 heterocycles. The van der Waals surface area contributed by atoms with Gasteiger partial charge in [-0.15, -0.1) is 0 Å². The number of halogens is 6. The summed E-state index contributed by atoms with van der Waals surface area (Å²) in [6.45, 7) is 11.7. The fraction of sp³-hybridized carbons (Fsp3) is 0.204. The van der Waals surface area contributed by atoms with Crippen LogP contribution in [-0.4, -0.2) is 0 Å². The Morgan fingerprint density at radius 3 is 0.766 bits per heavy atom. The van der Waals surface area contributed by atoms with Gasteiger partial charge in [0.15, 0.2) is 0 Å². The molecule has 0 aromatic heterocycles. The molecular formula is C54H42F6N4. The first-order valence-corrected chi connectivity index (χ1v) is 21.1. The molecule has 0 atom stereocenters. The third kappa shape index (κ3) is 5.62. The van der Waals surface area contributed by atoms with Crippen molar-refractivity contribution in [2.45, 2.75) is 70.1 Å². The van der Waals surface area contributed by atoms with E-state index in [9.17, 15) is 5.26 Å². The summed E-state index contributed by atoms with van der Waals surface area (Å²) in [5.74, 6) is 0. The molecule has 4 nitrogen and oxygen atoms in total. The van der Waals surface area contributed by atoms with Crippen LogP contribution in [0.4, 0.5) is 77.5 Å². The lowest BCUT2D eigenvalue weighted by Gasteiger charge is -2.47. The fourth-order valence-corrected chi connectivity index (χ4v) is 10.8. The summed E-state index contributed by atoms with van der Waals surface area (Å²) in [5.41, 5.74) is -3.64. The molecule has 0 radical (unpaired) electrons. The van der Waals surface area contributed by atoms with Gasteiger partial charge in [0.1, 0.15) is 22.8 Å². The molecule has 64 heavy (non-hydrogen) atoms. The van der Waals surface area contributed by atoms with Crippen molar-refractivity contribution in [1.82, 2.24) is 0 Å². The third-order valence-electron chi connectivity index (χ3n) is 13.7. The number of nitrogens with zero attached hydrogens (tertiary/aromatic N) is 4. The lowest BCUT2D eigenvalue weighted by Crippen LogP contribution is -2.36. The summed E-state index contributed by atoms with van der Waals surface area (Å²) in [6.07, 6.45) is -10.9. The molecule has 10 heteroatoms. The molecule has 0 aliphatic carbocycles. The number of hydrogen-bond donors (Lipinski definition) is 0. The molecule has 320 valence electrons.